The molecule has 2 atom stereocenters. The number of hydrogen-bond donors (Lipinski definition) is 0. The zero-order valence-corrected chi connectivity index (χ0v) is 9.70. The smallest absolute Gasteiger partial charge is 0.305 e. The zero-order chi connectivity index (χ0) is 11.6. The highest BCUT2D eigenvalue weighted by Crippen LogP contribution is 2.60. The molecule has 0 heterocycles. The Balaban J connectivity index is 2.41. The van der Waals surface area contributed by atoms with Gasteiger partial charge in [0.15, 0.2) is 0 Å². The first-order chi connectivity index (χ1) is 6.89. The van der Waals surface area contributed by atoms with Crippen LogP contribution in [0, 0.1) is 17.3 Å². The predicted molar refractivity (Wildman–Crippen MR) is 54.0 cm³/mol. The third kappa shape index (κ3) is 2.70. The van der Waals surface area contributed by atoms with E-state index in [0.717, 1.165) is 0 Å². The van der Waals surface area contributed by atoms with Crippen LogP contribution in [0.2, 0.25) is 0 Å². The fraction of sp³-hybridized carbons (Fsp3) is 0.818. The molecule has 0 aromatic carbocycles. The Morgan fingerprint density at radius 2 is 1.87 bits per heavy atom. The topological polar surface area (TPSA) is 52.6 Å². The van der Waals surface area contributed by atoms with Gasteiger partial charge in [-0.1, -0.05) is 13.8 Å². The molecular weight excluding hydrogens is 196 g/mol. The molecule has 0 aromatic heterocycles. The summed E-state index contributed by atoms with van der Waals surface area (Å²) in [4.78, 5) is 21.8. The van der Waals surface area contributed by atoms with Crippen LogP contribution in [0.25, 0.3) is 0 Å². The fourth-order valence-corrected chi connectivity index (χ4v) is 2.06. The largest absolute Gasteiger partial charge is 0.469 e. The van der Waals surface area contributed by atoms with Crippen molar-refractivity contribution < 1.29 is 19.1 Å². The summed E-state index contributed by atoms with van der Waals surface area (Å²) in [5, 5.41) is 0. The maximum atomic E-state index is 11.1. The SMILES string of the molecule is COC(=O)C[C@@H]1[C@H](COC(C)=O)C1(C)C. The predicted octanol–water partition coefficient (Wildman–Crippen LogP) is 1.38. The second-order valence-corrected chi connectivity index (χ2v) is 4.62. The van der Waals surface area contributed by atoms with Crippen LogP contribution >= 0.6 is 0 Å². The standard InChI is InChI=1S/C11H18O4/c1-7(12)15-6-9-8(11(9,2)3)5-10(13)14-4/h8-9H,5-6H2,1-4H3/t8-,9+/m1/s1. The quantitative estimate of drug-likeness (QED) is 0.663. The molecule has 15 heavy (non-hydrogen) atoms. The highest BCUT2D eigenvalue weighted by Gasteiger charge is 2.58. The second kappa shape index (κ2) is 4.21. The summed E-state index contributed by atoms with van der Waals surface area (Å²) in [7, 11) is 1.39. The van der Waals surface area contributed by atoms with Crippen molar-refractivity contribution in [1.82, 2.24) is 0 Å². The summed E-state index contributed by atoms with van der Waals surface area (Å²) in [5.41, 5.74) is 0.0731. The normalized spacial score (nSPS) is 26.9. The first-order valence-electron chi connectivity index (χ1n) is 5.09. The zero-order valence-electron chi connectivity index (χ0n) is 9.70. The van der Waals surface area contributed by atoms with E-state index in [2.05, 4.69) is 18.6 Å². The summed E-state index contributed by atoms with van der Waals surface area (Å²) >= 11 is 0. The van der Waals surface area contributed by atoms with E-state index in [0.29, 0.717) is 13.0 Å². The molecule has 1 fully saturated rings. The number of ether oxygens (including phenoxy) is 2. The van der Waals surface area contributed by atoms with Crippen LogP contribution in [-0.4, -0.2) is 25.7 Å². The summed E-state index contributed by atoms with van der Waals surface area (Å²) in [6.07, 6.45) is 0.412. The molecule has 0 aliphatic heterocycles. The van der Waals surface area contributed by atoms with Crippen molar-refractivity contribution in [3.63, 3.8) is 0 Å². The van der Waals surface area contributed by atoms with E-state index in [4.69, 9.17) is 4.74 Å². The van der Waals surface area contributed by atoms with Crippen molar-refractivity contribution in [2.75, 3.05) is 13.7 Å². The lowest BCUT2D eigenvalue weighted by Gasteiger charge is -2.02. The van der Waals surface area contributed by atoms with Gasteiger partial charge < -0.3 is 9.47 Å². The van der Waals surface area contributed by atoms with Crippen molar-refractivity contribution in [2.45, 2.75) is 27.2 Å². The molecule has 0 saturated heterocycles. The average Bonchev–Trinajstić information content (AvgIpc) is 2.64. The number of carbonyl (C=O) groups is 2. The first-order valence-corrected chi connectivity index (χ1v) is 5.09. The van der Waals surface area contributed by atoms with Crippen LogP contribution in [0.5, 0.6) is 0 Å². The van der Waals surface area contributed by atoms with Gasteiger partial charge in [-0.3, -0.25) is 9.59 Å². The minimum atomic E-state index is -0.269. The Labute approximate surface area is 89.9 Å². The van der Waals surface area contributed by atoms with Gasteiger partial charge in [0.2, 0.25) is 0 Å². The third-order valence-electron chi connectivity index (χ3n) is 3.37. The Morgan fingerprint density at radius 3 is 2.33 bits per heavy atom. The number of esters is 2. The Hall–Kier alpha value is -1.06. The summed E-state index contributed by atoms with van der Waals surface area (Å²) in [6.45, 7) is 5.96. The highest BCUT2D eigenvalue weighted by atomic mass is 16.5. The van der Waals surface area contributed by atoms with Crippen LogP contribution in [0.15, 0.2) is 0 Å². The maximum absolute atomic E-state index is 11.1. The van der Waals surface area contributed by atoms with Crippen molar-refractivity contribution in [1.29, 1.82) is 0 Å². The van der Waals surface area contributed by atoms with E-state index < -0.39 is 0 Å². The Kier molecular flexibility index (Phi) is 3.37. The van der Waals surface area contributed by atoms with E-state index in [1.807, 2.05) is 0 Å². The van der Waals surface area contributed by atoms with E-state index in [9.17, 15) is 9.59 Å². The van der Waals surface area contributed by atoms with Crippen LogP contribution in [0.4, 0.5) is 0 Å². The molecule has 0 radical (unpaired) electrons. The average molecular weight is 214 g/mol. The lowest BCUT2D eigenvalue weighted by Crippen LogP contribution is -2.06. The monoisotopic (exact) mass is 214 g/mol. The number of hydrogen-bond acceptors (Lipinski definition) is 4. The van der Waals surface area contributed by atoms with Gasteiger partial charge in [-0.15, -0.1) is 0 Å². The molecule has 0 spiro atoms. The maximum Gasteiger partial charge on any atom is 0.305 e. The number of carbonyl (C=O) groups excluding carboxylic acids is 2. The van der Waals surface area contributed by atoms with E-state index in [-0.39, 0.29) is 29.2 Å². The van der Waals surface area contributed by atoms with Crippen LogP contribution < -0.4 is 0 Å². The van der Waals surface area contributed by atoms with Gasteiger partial charge >= 0.3 is 11.9 Å². The van der Waals surface area contributed by atoms with E-state index in [1.54, 1.807) is 0 Å². The molecule has 1 aliphatic rings. The lowest BCUT2D eigenvalue weighted by molar-refractivity contribution is -0.141. The summed E-state index contributed by atoms with van der Waals surface area (Å²) < 4.78 is 9.58. The summed E-state index contributed by atoms with van der Waals surface area (Å²) in [5.74, 6) is 0.0812. The molecule has 4 nitrogen and oxygen atoms in total. The van der Waals surface area contributed by atoms with Crippen molar-refractivity contribution >= 4 is 11.9 Å². The minimum Gasteiger partial charge on any atom is -0.469 e. The molecule has 1 aliphatic carbocycles. The molecule has 4 heteroatoms. The fourth-order valence-electron chi connectivity index (χ4n) is 2.06. The molecule has 1 rings (SSSR count). The number of methoxy groups -OCH3 is 1. The molecule has 0 amide bonds. The molecule has 0 N–H and O–H groups in total. The van der Waals surface area contributed by atoms with Gasteiger partial charge in [-0.05, 0) is 11.3 Å². The van der Waals surface area contributed by atoms with Crippen LogP contribution in [-0.2, 0) is 19.1 Å². The molecule has 86 valence electrons. The second-order valence-electron chi connectivity index (χ2n) is 4.62. The van der Waals surface area contributed by atoms with E-state index in [1.165, 1.54) is 14.0 Å². The van der Waals surface area contributed by atoms with Crippen molar-refractivity contribution in [3.8, 4) is 0 Å². The molecular formula is C11H18O4. The van der Waals surface area contributed by atoms with E-state index >= 15 is 0 Å². The van der Waals surface area contributed by atoms with Crippen molar-refractivity contribution in [2.24, 2.45) is 17.3 Å². The van der Waals surface area contributed by atoms with Gasteiger partial charge in [-0.2, -0.15) is 0 Å². The van der Waals surface area contributed by atoms with Gasteiger partial charge in [0.05, 0.1) is 13.7 Å². The Morgan fingerprint density at radius 1 is 1.27 bits per heavy atom. The van der Waals surface area contributed by atoms with Gasteiger partial charge in [-0.25, -0.2) is 0 Å². The molecule has 0 unspecified atom stereocenters. The third-order valence-corrected chi connectivity index (χ3v) is 3.37. The van der Waals surface area contributed by atoms with Crippen molar-refractivity contribution in [3.05, 3.63) is 0 Å². The first kappa shape index (κ1) is 12.0. The van der Waals surface area contributed by atoms with Gasteiger partial charge in [0.25, 0.3) is 0 Å². The highest BCUT2D eigenvalue weighted by molar-refractivity contribution is 5.70. The molecule has 0 aromatic rings. The summed E-state index contributed by atoms with van der Waals surface area (Å²) in [6, 6.07) is 0. The molecule has 0 bridgehead atoms. The van der Waals surface area contributed by atoms with Crippen LogP contribution in [0.3, 0.4) is 0 Å². The van der Waals surface area contributed by atoms with Gasteiger partial charge in [0.1, 0.15) is 0 Å². The molecule has 1 saturated carbocycles. The van der Waals surface area contributed by atoms with Gasteiger partial charge in [0, 0.05) is 19.3 Å². The van der Waals surface area contributed by atoms with Crippen LogP contribution in [0.1, 0.15) is 27.2 Å². The Bertz CT molecular complexity index is 270. The minimum absolute atomic E-state index is 0.0731. The number of rotatable bonds is 4. The lowest BCUT2D eigenvalue weighted by atomic mass is 10.1.